The first-order valence-electron chi connectivity index (χ1n) is 9.92. The quantitative estimate of drug-likeness (QED) is 0.638. The number of nitrogens with zero attached hydrogens (tertiary/aromatic N) is 4. The van der Waals surface area contributed by atoms with E-state index in [1.54, 1.807) is 12.3 Å². The van der Waals surface area contributed by atoms with Crippen LogP contribution in [-0.2, 0) is 11.3 Å². The maximum absolute atomic E-state index is 15.0. The van der Waals surface area contributed by atoms with Gasteiger partial charge in [0.05, 0.1) is 31.4 Å². The van der Waals surface area contributed by atoms with Crippen LogP contribution in [0.15, 0.2) is 24.4 Å². The summed E-state index contributed by atoms with van der Waals surface area (Å²) in [7, 11) is 1.37. The highest BCUT2D eigenvalue weighted by molar-refractivity contribution is 5.94. The van der Waals surface area contributed by atoms with Crippen molar-refractivity contribution in [3.05, 3.63) is 47.2 Å². The molecule has 1 aliphatic heterocycles. The standard InChI is InChI=1S/C21H21F2N5O4/c1-11-5-16-18(25-8-11)28(10-13-9-27(21(30)31)3-4-32-13)19(26-16)17-14(22)6-12(7-15(17)23)20(29)24-2/h5-8,13H,3-4,9-10H2,1-2H3,(H,24,29)(H,30,31)/t13-/m1/s1. The van der Waals surface area contributed by atoms with Crippen molar-refractivity contribution < 1.29 is 28.2 Å². The number of hydrogen-bond acceptors (Lipinski definition) is 5. The summed E-state index contributed by atoms with van der Waals surface area (Å²) in [6.07, 6.45) is -0.0169. The topological polar surface area (TPSA) is 110 Å². The van der Waals surface area contributed by atoms with Crippen molar-refractivity contribution in [3.63, 3.8) is 0 Å². The molecule has 32 heavy (non-hydrogen) atoms. The zero-order valence-electron chi connectivity index (χ0n) is 17.4. The van der Waals surface area contributed by atoms with Crippen LogP contribution in [-0.4, -0.2) is 69.4 Å². The molecule has 1 aliphatic rings. The predicted molar refractivity (Wildman–Crippen MR) is 110 cm³/mol. The molecule has 2 aromatic heterocycles. The van der Waals surface area contributed by atoms with Crippen molar-refractivity contribution >= 4 is 23.2 Å². The number of fused-ring (bicyclic) bond motifs is 1. The van der Waals surface area contributed by atoms with Gasteiger partial charge in [0.25, 0.3) is 5.91 Å². The fourth-order valence-electron chi connectivity index (χ4n) is 3.74. The Morgan fingerprint density at radius 1 is 1.28 bits per heavy atom. The molecule has 9 nitrogen and oxygen atoms in total. The second-order valence-corrected chi connectivity index (χ2v) is 7.52. The van der Waals surface area contributed by atoms with Gasteiger partial charge in [-0.2, -0.15) is 0 Å². The van der Waals surface area contributed by atoms with Gasteiger partial charge in [-0.25, -0.2) is 23.5 Å². The van der Waals surface area contributed by atoms with Crippen molar-refractivity contribution in [2.75, 3.05) is 26.7 Å². The lowest BCUT2D eigenvalue weighted by Crippen LogP contribution is -2.46. The van der Waals surface area contributed by atoms with Gasteiger partial charge >= 0.3 is 6.09 Å². The zero-order valence-corrected chi connectivity index (χ0v) is 17.4. The number of carbonyl (C=O) groups excluding carboxylic acids is 1. The number of morpholine rings is 1. The van der Waals surface area contributed by atoms with Gasteiger partial charge in [0, 0.05) is 25.4 Å². The molecule has 2 amide bonds. The number of benzene rings is 1. The third-order valence-electron chi connectivity index (χ3n) is 5.27. The summed E-state index contributed by atoms with van der Waals surface area (Å²) in [6, 6.07) is 3.63. The third kappa shape index (κ3) is 3.98. The minimum Gasteiger partial charge on any atom is -0.465 e. The molecule has 0 radical (unpaired) electrons. The summed E-state index contributed by atoms with van der Waals surface area (Å²) >= 11 is 0. The molecule has 11 heteroatoms. The van der Waals surface area contributed by atoms with Gasteiger partial charge < -0.3 is 24.6 Å². The van der Waals surface area contributed by atoms with Crippen LogP contribution < -0.4 is 5.32 Å². The lowest BCUT2D eigenvalue weighted by atomic mass is 10.1. The molecular weight excluding hydrogens is 424 g/mol. The molecule has 168 valence electrons. The number of hydrogen-bond donors (Lipinski definition) is 2. The van der Waals surface area contributed by atoms with Gasteiger partial charge in [-0.05, 0) is 30.7 Å². The lowest BCUT2D eigenvalue weighted by Gasteiger charge is -2.31. The number of halogens is 2. The largest absolute Gasteiger partial charge is 0.465 e. The molecule has 1 fully saturated rings. The number of imidazole rings is 1. The Hall–Kier alpha value is -3.60. The molecule has 0 saturated carbocycles. The summed E-state index contributed by atoms with van der Waals surface area (Å²) < 4.78 is 37.3. The van der Waals surface area contributed by atoms with Crippen LogP contribution in [0.1, 0.15) is 15.9 Å². The average Bonchev–Trinajstić information content (AvgIpc) is 3.09. The Bertz CT molecular complexity index is 1190. The first-order chi connectivity index (χ1) is 15.3. The third-order valence-corrected chi connectivity index (χ3v) is 5.27. The van der Waals surface area contributed by atoms with E-state index in [-0.39, 0.29) is 37.6 Å². The minimum absolute atomic E-state index is 0.0207. The fourth-order valence-corrected chi connectivity index (χ4v) is 3.74. The molecule has 0 unspecified atom stereocenters. The van der Waals surface area contributed by atoms with Crippen molar-refractivity contribution in [2.45, 2.75) is 19.6 Å². The smallest absolute Gasteiger partial charge is 0.407 e. The zero-order chi connectivity index (χ0) is 23.0. The highest BCUT2D eigenvalue weighted by Gasteiger charge is 2.28. The Morgan fingerprint density at radius 3 is 2.66 bits per heavy atom. The first kappa shape index (κ1) is 21.6. The number of ether oxygens (including phenoxy) is 1. The van der Waals surface area contributed by atoms with Gasteiger partial charge in [0.15, 0.2) is 5.65 Å². The van der Waals surface area contributed by atoms with E-state index in [9.17, 15) is 14.7 Å². The monoisotopic (exact) mass is 445 g/mol. The van der Waals surface area contributed by atoms with E-state index in [2.05, 4.69) is 15.3 Å². The molecule has 4 rings (SSSR count). The number of aryl methyl sites for hydroxylation is 1. The summed E-state index contributed by atoms with van der Waals surface area (Å²) in [5.41, 5.74) is 1.07. The first-order valence-corrected chi connectivity index (χ1v) is 9.92. The SMILES string of the molecule is CNC(=O)c1cc(F)c(-c2nc3cc(C)cnc3n2C[C@H]2CN(C(=O)O)CCO2)c(F)c1. The highest BCUT2D eigenvalue weighted by atomic mass is 19.1. The lowest BCUT2D eigenvalue weighted by molar-refractivity contribution is -0.0286. The van der Waals surface area contributed by atoms with Crippen LogP contribution in [0, 0.1) is 18.6 Å². The van der Waals surface area contributed by atoms with Crippen LogP contribution >= 0.6 is 0 Å². The number of rotatable bonds is 4. The maximum atomic E-state index is 15.0. The molecule has 0 aliphatic carbocycles. The molecule has 3 heterocycles. The highest BCUT2D eigenvalue weighted by Crippen LogP contribution is 2.30. The Kier molecular flexibility index (Phi) is 5.74. The predicted octanol–water partition coefficient (Wildman–Crippen LogP) is 2.42. The molecule has 1 aromatic carbocycles. The van der Waals surface area contributed by atoms with Crippen molar-refractivity contribution in [1.29, 1.82) is 0 Å². The molecule has 0 spiro atoms. The molecule has 1 atom stereocenters. The van der Waals surface area contributed by atoms with Crippen molar-refractivity contribution in [2.24, 2.45) is 0 Å². The van der Waals surface area contributed by atoms with Crippen LogP contribution in [0.4, 0.5) is 13.6 Å². The van der Waals surface area contributed by atoms with Crippen LogP contribution in [0.3, 0.4) is 0 Å². The second-order valence-electron chi connectivity index (χ2n) is 7.52. The number of aromatic nitrogens is 3. The molecule has 2 N–H and O–H groups in total. The fraction of sp³-hybridized carbons (Fsp3) is 0.333. The Balaban J connectivity index is 1.82. The molecule has 1 saturated heterocycles. The van der Waals surface area contributed by atoms with Crippen LogP contribution in [0.2, 0.25) is 0 Å². The van der Waals surface area contributed by atoms with Gasteiger partial charge in [-0.3, -0.25) is 4.79 Å². The number of nitrogens with one attached hydrogen (secondary N) is 1. The second kappa shape index (κ2) is 8.50. The van der Waals surface area contributed by atoms with E-state index in [0.29, 0.717) is 11.2 Å². The van der Waals surface area contributed by atoms with E-state index in [1.807, 2.05) is 6.92 Å². The van der Waals surface area contributed by atoms with Crippen LogP contribution in [0.5, 0.6) is 0 Å². The average molecular weight is 445 g/mol. The van der Waals surface area contributed by atoms with Gasteiger partial charge in [0.2, 0.25) is 0 Å². The minimum atomic E-state index is -1.07. The van der Waals surface area contributed by atoms with E-state index in [1.165, 1.54) is 16.5 Å². The summed E-state index contributed by atoms with van der Waals surface area (Å²) in [6.45, 7) is 2.45. The van der Waals surface area contributed by atoms with E-state index in [0.717, 1.165) is 17.7 Å². The summed E-state index contributed by atoms with van der Waals surface area (Å²) in [5.74, 6) is -2.54. The number of amides is 2. The van der Waals surface area contributed by atoms with E-state index in [4.69, 9.17) is 4.74 Å². The van der Waals surface area contributed by atoms with Gasteiger partial charge in [-0.15, -0.1) is 0 Å². The Morgan fingerprint density at radius 2 is 2.00 bits per heavy atom. The van der Waals surface area contributed by atoms with E-state index < -0.39 is 35.3 Å². The van der Waals surface area contributed by atoms with Gasteiger partial charge in [-0.1, -0.05) is 0 Å². The molecule has 0 bridgehead atoms. The van der Waals surface area contributed by atoms with Crippen molar-refractivity contribution in [3.8, 4) is 11.4 Å². The molecule has 3 aromatic rings. The van der Waals surface area contributed by atoms with Gasteiger partial charge in [0.1, 0.15) is 23.0 Å². The van der Waals surface area contributed by atoms with Crippen molar-refractivity contribution in [1.82, 2.24) is 24.8 Å². The summed E-state index contributed by atoms with van der Waals surface area (Å²) in [4.78, 5) is 33.2. The maximum Gasteiger partial charge on any atom is 0.407 e. The molecular formula is C21H21F2N5O4. The summed E-state index contributed by atoms with van der Waals surface area (Å²) in [5, 5.41) is 11.6. The van der Waals surface area contributed by atoms with Crippen LogP contribution in [0.25, 0.3) is 22.6 Å². The number of carbonyl (C=O) groups is 2. The normalized spacial score (nSPS) is 16.4. The Labute approximate surface area is 181 Å². The van der Waals surface area contributed by atoms with E-state index >= 15 is 8.78 Å². The number of pyridine rings is 1. The number of carboxylic acid groups (broad SMARTS) is 1.